The molecular formula is C3HFO. The molecule has 0 amide bonds. The fourth-order valence-electron chi connectivity index (χ4n) is 0.0790. The van der Waals surface area contributed by atoms with Crippen molar-refractivity contribution in [3.05, 3.63) is 22.1 Å². The van der Waals surface area contributed by atoms with Crippen molar-refractivity contribution in [1.82, 2.24) is 0 Å². The first-order chi connectivity index (χ1) is 2.30. The molecule has 0 N–H and O–H groups in total. The third kappa shape index (κ3) is 0.210. The molecule has 0 unspecified atom stereocenters. The van der Waals surface area contributed by atoms with Crippen LogP contribution >= 0.6 is 0 Å². The minimum absolute atomic E-state index is 0.454. The smallest absolute Gasteiger partial charge is 0.217 e. The maximum absolute atomic E-state index is 11.0. The summed E-state index contributed by atoms with van der Waals surface area (Å²) in [7, 11) is 0. The normalized spacial score (nSPS) is 9.80. The number of rotatable bonds is 0. The first-order valence-corrected chi connectivity index (χ1v) is 1.22. The lowest BCUT2D eigenvalue weighted by Gasteiger charge is -1.35. The lowest BCUT2D eigenvalue weighted by atomic mass is 11.1. The summed E-state index contributed by atoms with van der Waals surface area (Å²) in [5, 5.41) is 0. The Morgan fingerprint density at radius 3 is 2.00 bits per heavy atom. The van der Waals surface area contributed by atoms with Gasteiger partial charge in [-0.15, -0.1) is 0 Å². The Balaban J connectivity index is 3.15. The van der Waals surface area contributed by atoms with Gasteiger partial charge in [0.2, 0.25) is 5.43 Å². The summed E-state index contributed by atoms with van der Waals surface area (Å²) < 4.78 is 11.0. The molecule has 26 valence electrons. The summed E-state index contributed by atoms with van der Waals surface area (Å²) in [6, 6.07) is 0.944. The summed E-state index contributed by atoms with van der Waals surface area (Å²) in [6.07, 6.45) is 0. The molecule has 0 aromatic heterocycles. The average molecular weight is 72.0 g/mol. The Morgan fingerprint density at radius 2 is 2.00 bits per heavy atom. The molecule has 0 heterocycles. The molecule has 0 spiro atoms. The van der Waals surface area contributed by atoms with Gasteiger partial charge in [0, 0.05) is 6.07 Å². The molecule has 0 aliphatic heterocycles. The van der Waals surface area contributed by atoms with Crippen LogP contribution < -0.4 is 5.43 Å². The summed E-state index contributed by atoms with van der Waals surface area (Å²) in [5.41, 5.74) is -0.454. The van der Waals surface area contributed by atoms with Crippen molar-refractivity contribution < 1.29 is 4.39 Å². The van der Waals surface area contributed by atoms with Crippen molar-refractivity contribution in [3.8, 4) is 0 Å². The lowest BCUT2D eigenvalue weighted by Crippen LogP contribution is -1.69. The molecule has 0 aliphatic carbocycles. The lowest BCUT2D eigenvalue weighted by molar-refractivity contribution is 0.653. The van der Waals surface area contributed by atoms with Crippen molar-refractivity contribution >= 4 is 0 Å². The molecule has 0 saturated carbocycles. The van der Waals surface area contributed by atoms with Gasteiger partial charge in [0.15, 0.2) is 5.82 Å². The zero-order valence-corrected chi connectivity index (χ0v) is 2.36. The monoisotopic (exact) mass is 72.0 g/mol. The van der Waals surface area contributed by atoms with Gasteiger partial charge in [0.25, 0.3) is 0 Å². The largest absolute Gasteiger partial charge is 0.287 e. The fraction of sp³-hybridized carbons (Fsp3) is 0. The summed E-state index contributed by atoms with van der Waals surface area (Å²) in [5.74, 6) is -0.593. The van der Waals surface area contributed by atoms with E-state index in [0.717, 1.165) is 6.07 Å². The molecular weight excluding hydrogens is 71.0 g/mol. The van der Waals surface area contributed by atoms with Crippen LogP contribution in [0.2, 0.25) is 0 Å². The van der Waals surface area contributed by atoms with Gasteiger partial charge in [0.1, 0.15) is 0 Å². The van der Waals surface area contributed by atoms with E-state index >= 15 is 0 Å². The second-order valence-electron chi connectivity index (χ2n) is 0.857. The van der Waals surface area contributed by atoms with E-state index in [0.29, 0.717) is 0 Å². The Hall–Kier alpha value is -0.660. The first-order valence-electron chi connectivity index (χ1n) is 1.22. The van der Waals surface area contributed by atoms with Crippen molar-refractivity contribution in [1.29, 1.82) is 0 Å². The van der Waals surface area contributed by atoms with Crippen molar-refractivity contribution in [2.24, 2.45) is 0 Å². The van der Waals surface area contributed by atoms with Crippen LogP contribution in [-0.4, -0.2) is 0 Å². The summed E-state index contributed by atoms with van der Waals surface area (Å²) >= 11 is 0. The molecule has 1 nitrogen and oxygen atoms in total. The Kier molecular flexibility index (Phi) is 0.234. The van der Waals surface area contributed by atoms with Gasteiger partial charge in [-0.2, -0.15) is 0 Å². The fourth-order valence-corrected chi connectivity index (χ4v) is 0.0790. The second-order valence-corrected chi connectivity index (χ2v) is 0.857. The van der Waals surface area contributed by atoms with E-state index in [1.165, 1.54) is 0 Å². The van der Waals surface area contributed by atoms with E-state index in [-0.39, 0.29) is 0 Å². The molecule has 2 heteroatoms. The zero-order chi connectivity index (χ0) is 3.86. The van der Waals surface area contributed by atoms with Crippen LogP contribution in [0.3, 0.4) is 0 Å². The SMILES string of the molecule is O=c1cc1F. The Bertz CT molecular complexity index is 138. The van der Waals surface area contributed by atoms with Gasteiger partial charge < -0.3 is 0 Å². The predicted molar refractivity (Wildman–Crippen MR) is 15.0 cm³/mol. The standard InChI is InChI=1S/C3HFO/c4-2-1-3(2)5/h1H. The predicted octanol–water partition coefficient (Wildman–Crippen LogP) is 0.0615. The topological polar surface area (TPSA) is 17.1 Å². The van der Waals surface area contributed by atoms with Gasteiger partial charge in [-0.25, -0.2) is 4.39 Å². The maximum Gasteiger partial charge on any atom is 0.217 e. The summed E-state index contributed by atoms with van der Waals surface area (Å²) in [4.78, 5) is 9.42. The quantitative estimate of drug-likeness (QED) is 0.423. The summed E-state index contributed by atoms with van der Waals surface area (Å²) in [6.45, 7) is 0. The molecule has 1 aromatic carbocycles. The van der Waals surface area contributed by atoms with Crippen LogP contribution in [0.5, 0.6) is 0 Å². The van der Waals surface area contributed by atoms with Crippen molar-refractivity contribution in [2.75, 3.05) is 0 Å². The first kappa shape index (κ1) is 2.57. The van der Waals surface area contributed by atoms with Gasteiger partial charge in [-0.3, -0.25) is 4.79 Å². The molecule has 0 saturated heterocycles. The van der Waals surface area contributed by atoms with Crippen LogP contribution in [0.1, 0.15) is 0 Å². The second kappa shape index (κ2) is 0.455. The number of hydrogen-bond donors (Lipinski definition) is 0. The molecule has 0 atom stereocenters. The molecule has 0 bridgehead atoms. The van der Waals surface area contributed by atoms with Gasteiger partial charge in [0.05, 0.1) is 0 Å². The van der Waals surface area contributed by atoms with E-state index in [4.69, 9.17) is 0 Å². The molecule has 1 aromatic rings. The van der Waals surface area contributed by atoms with Gasteiger partial charge >= 0.3 is 0 Å². The molecule has 1 rings (SSSR count). The number of hydrogen-bond acceptors (Lipinski definition) is 1. The molecule has 0 radical (unpaired) electrons. The van der Waals surface area contributed by atoms with Crippen LogP contribution in [0.25, 0.3) is 0 Å². The van der Waals surface area contributed by atoms with Crippen LogP contribution in [0.15, 0.2) is 10.9 Å². The molecule has 5 heavy (non-hydrogen) atoms. The maximum atomic E-state index is 11.0. The van der Waals surface area contributed by atoms with Crippen LogP contribution in [0, 0.1) is 5.82 Å². The van der Waals surface area contributed by atoms with Gasteiger partial charge in [-0.05, 0) is 0 Å². The highest BCUT2D eigenvalue weighted by atomic mass is 19.1. The molecule has 0 fully saturated rings. The average Bonchev–Trinajstić information content (AvgIpc) is 1.79. The minimum Gasteiger partial charge on any atom is -0.287 e. The van der Waals surface area contributed by atoms with E-state index in [2.05, 4.69) is 0 Å². The highest BCUT2D eigenvalue weighted by Crippen LogP contribution is 1.85. The zero-order valence-electron chi connectivity index (χ0n) is 2.36. The highest BCUT2D eigenvalue weighted by molar-refractivity contribution is 5.05. The third-order valence-electron chi connectivity index (χ3n) is 0.410. The van der Waals surface area contributed by atoms with E-state index in [9.17, 15) is 9.18 Å². The van der Waals surface area contributed by atoms with E-state index < -0.39 is 11.2 Å². The highest BCUT2D eigenvalue weighted by Gasteiger charge is 2.02. The van der Waals surface area contributed by atoms with Crippen LogP contribution in [-0.2, 0) is 0 Å². The Labute approximate surface area is 27.7 Å². The van der Waals surface area contributed by atoms with Crippen LogP contribution in [0.4, 0.5) is 4.39 Å². The van der Waals surface area contributed by atoms with Crippen molar-refractivity contribution in [2.45, 2.75) is 0 Å². The van der Waals surface area contributed by atoms with E-state index in [1.807, 2.05) is 0 Å². The van der Waals surface area contributed by atoms with Crippen molar-refractivity contribution in [3.63, 3.8) is 0 Å². The third-order valence-corrected chi connectivity index (χ3v) is 0.410. The molecule has 0 aliphatic rings. The number of halogens is 1. The minimum atomic E-state index is -0.593. The Morgan fingerprint density at radius 1 is 1.80 bits per heavy atom. The van der Waals surface area contributed by atoms with Gasteiger partial charge in [-0.1, -0.05) is 0 Å². The van der Waals surface area contributed by atoms with E-state index in [1.54, 1.807) is 0 Å².